The summed E-state index contributed by atoms with van der Waals surface area (Å²) in [5, 5.41) is 19.1. The first kappa shape index (κ1) is 13.8. The van der Waals surface area contributed by atoms with Crippen LogP contribution in [0.1, 0.15) is 17.0 Å². The van der Waals surface area contributed by atoms with Gasteiger partial charge in [-0.2, -0.15) is 5.26 Å². The SMILES string of the molecule is COc1ccccc1C1C(C#N)=C(N)Oc2cc(O)ccc21. The Kier molecular flexibility index (Phi) is 3.36. The summed E-state index contributed by atoms with van der Waals surface area (Å²) in [6, 6.07) is 14.3. The second kappa shape index (κ2) is 5.34. The predicted molar refractivity (Wildman–Crippen MR) is 80.4 cm³/mol. The average Bonchev–Trinajstić information content (AvgIpc) is 2.53. The zero-order valence-corrected chi connectivity index (χ0v) is 11.9. The van der Waals surface area contributed by atoms with Crippen LogP contribution in [0.15, 0.2) is 53.9 Å². The van der Waals surface area contributed by atoms with Gasteiger partial charge in [0.15, 0.2) is 0 Å². The highest BCUT2D eigenvalue weighted by Gasteiger charge is 2.32. The Morgan fingerprint density at radius 3 is 2.73 bits per heavy atom. The lowest BCUT2D eigenvalue weighted by Gasteiger charge is -2.27. The van der Waals surface area contributed by atoms with Gasteiger partial charge in [0.25, 0.3) is 0 Å². The van der Waals surface area contributed by atoms with Crippen molar-refractivity contribution in [2.45, 2.75) is 5.92 Å². The number of aromatic hydroxyl groups is 1. The number of nitrogens with zero attached hydrogens (tertiary/aromatic N) is 1. The lowest BCUT2D eigenvalue weighted by molar-refractivity contribution is 0.383. The van der Waals surface area contributed by atoms with Crippen molar-refractivity contribution in [3.8, 4) is 23.3 Å². The molecule has 3 N–H and O–H groups in total. The van der Waals surface area contributed by atoms with Crippen molar-refractivity contribution in [3.63, 3.8) is 0 Å². The van der Waals surface area contributed by atoms with Crippen molar-refractivity contribution in [2.75, 3.05) is 7.11 Å². The molecular formula is C17H14N2O3. The molecular weight excluding hydrogens is 280 g/mol. The van der Waals surface area contributed by atoms with Gasteiger partial charge >= 0.3 is 0 Å². The molecule has 0 amide bonds. The number of phenolic OH excluding ortho intramolecular Hbond substituents is 1. The number of benzene rings is 2. The van der Waals surface area contributed by atoms with Gasteiger partial charge in [0.1, 0.15) is 28.9 Å². The molecule has 2 aromatic rings. The number of ether oxygens (including phenoxy) is 2. The molecule has 0 radical (unpaired) electrons. The van der Waals surface area contributed by atoms with Crippen molar-refractivity contribution in [1.29, 1.82) is 5.26 Å². The molecule has 0 fully saturated rings. The molecule has 1 heterocycles. The van der Waals surface area contributed by atoms with Crippen molar-refractivity contribution < 1.29 is 14.6 Å². The standard InChI is InChI=1S/C17H14N2O3/c1-21-14-5-3-2-4-11(14)16-12-7-6-10(20)8-15(12)22-17(19)13(16)9-18/h2-8,16,20H,19H2,1H3. The highest BCUT2D eigenvalue weighted by atomic mass is 16.5. The van der Waals surface area contributed by atoms with E-state index in [-0.39, 0.29) is 11.6 Å². The molecule has 0 aliphatic carbocycles. The lowest BCUT2D eigenvalue weighted by Crippen LogP contribution is -2.21. The van der Waals surface area contributed by atoms with Gasteiger partial charge in [-0.05, 0) is 12.1 Å². The van der Waals surface area contributed by atoms with E-state index in [2.05, 4.69) is 6.07 Å². The second-order valence-electron chi connectivity index (χ2n) is 4.89. The van der Waals surface area contributed by atoms with Crippen molar-refractivity contribution in [3.05, 3.63) is 65.0 Å². The van der Waals surface area contributed by atoms with E-state index in [0.717, 1.165) is 11.1 Å². The summed E-state index contributed by atoms with van der Waals surface area (Å²) in [7, 11) is 1.58. The molecule has 22 heavy (non-hydrogen) atoms. The summed E-state index contributed by atoms with van der Waals surface area (Å²) in [5.41, 5.74) is 7.78. The Bertz CT molecular complexity index is 806. The molecule has 0 aromatic heterocycles. The fourth-order valence-electron chi connectivity index (χ4n) is 2.67. The maximum Gasteiger partial charge on any atom is 0.205 e. The number of nitrogens with two attached hydrogens (primary N) is 1. The normalized spacial score (nSPS) is 16.5. The number of hydrogen-bond donors (Lipinski definition) is 2. The van der Waals surface area contributed by atoms with E-state index in [1.807, 2.05) is 24.3 Å². The number of allylic oxidation sites excluding steroid dienone is 1. The Morgan fingerprint density at radius 1 is 1.23 bits per heavy atom. The first-order chi connectivity index (χ1) is 10.7. The highest BCUT2D eigenvalue weighted by Crippen LogP contribution is 2.45. The summed E-state index contributed by atoms with van der Waals surface area (Å²) < 4.78 is 10.9. The van der Waals surface area contributed by atoms with E-state index in [4.69, 9.17) is 15.2 Å². The molecule has 0 spiro atoms. The molecule has 2 aromatic carbocycles. The Balaban J connectivity index is 2.26. The molecule has 0 saturated carbocycles. The highest BCUT2D eigenvalue weighted by molar-refractivity contribution is 5.59. The van der Waals surface area contributed by atoms with Crippen LogP contribution in [-0.4, -0.2) is 12.2 Å². The quantitative estimate of drug-likeness (QED) is 0.888. The van der Waals surface area contributed by atoms with Gasteiger partial charge in [0.2, 0.25) is 5.88 Å². The third kappa shape index (κ3) is 2.11. The Hall–Kier alpha value is -3.13. The van der Waals surface area contributed by atoms with Crippen molar-refractivity contribution in [2.24, 2.45) is 5.73 Å². The molecule has 1 unspecified atom stereocenters. The maximum atomic E-state index is 9.63. The van der Waals surface area contributed by atoms with Crippen molar-refractivity contribution >= 4 is 0 Å². The third-order valence-corrected chi connectivity index (χ3v) is 3.65. The van der Waals surface area contributed by atoms with E-state index in [1.54, 1.807) is 19.2 Å². The van der Waals surface area contributed by atoms with Crippen LogP contribution >= 0.6 is 0 Å². The fraction of sp³-hybridized carbons (Fsp3) is 0.118. The number of nitriles is 1. The van der Waals surface area contributed by atoms with Gasteiger partial charge in [0.05, 0.1) is 13.0 Å². The van der Waals surface area contributed by atoms with Gasteiger partial charge in [-0.3, -0.25) is 0 Å². The second-order valence-corrected chi connectivity index (χ2v) is 4.89. The van der Waals surface area contributed by atoms with Crippen LogP contribution in [0.4, 0.5) is 0 Å². The molecule has 0 bridgehead atoms. The van der Waals surface area contributed by atoms with Crippen LogP contribution < -0.4 is 15.2 Å². The van der Waals surface area contributed by atoms with E-state index < -0.39 is 5.92 Å². The minimum atomic E-state index is -0.398. The first-order valence-corrected chi connectivity index (χ1v) is 6.69. The van der Waals surface area contributed by atoms with Gasteiger partial charge < -0.3 is 20.3 Å². The van der Waals surface area contributed by atoms with Crippen LogP contribution in [0, 0.1) is 11.3 Å². The third-order valence-electron chi connectivity index (χ3n) is 3.65. The van der Waals surface area contributed by atoms with Crippen LogP contribution in [0.2, 0.25) is 0 Å². The molecule has 5 heteroatoms. The zero-order chi connectivity index (χ0) is 15.7. The van der Waals surface area contributed by atoms with Crippen LogP contribution in [0.5, 0.6) is 17.2 Å². The van der Waals surface area contributed by atoms with E-state index >= 15 is 0 Å². The number of fused-ring (bicyclic) bond motifs is 1. The Morgan fingerprint density at radius 2 is 2.00 bits per heavy atom. The number of hydrogen-bond acceptors (Lipinski definition) is 5. The van der Waals surface area contributed by atoms with Gasteiger partial charge in [0, 0.05) is 17.2 Å². The summed E-state index contributed by atoms with van der Waals surface area (Å²) in [6.45, 7) is 0. The molecule has 110 valence electrons. The number of rotatable bonds is 2. The van der Waals surface area contributed by atoms with Crippen LogP contribution in [0.25, 0.3) is 0 Å². The molecule has 1 aliphatic rings. The molecule has 5 nitrogen and oxygen atoms in total. The minimum absolute atomic E-state index is 0.0384. The molecule has 0 saturated heterocycles. The topological polar surface area (TPSA) is 88.5 Å². The number of phenols is 1. The van der Waals surface area contributed by atoms with Crippen LogP contribution in [-0.2, 0) is 0 Å². The number of methoxy groups -OCH3 is 1. The zero-order valence-electron chi connectivity index (χ0n) is 11.9. The number of para-hydroxylation sites is 1. The van der Waals surface area contributed by atoms with Gasteiger partial charge in [-0.15, -0.1) is 0 Å². The van der Waals surface area contributed by atoms with Crippen LogP contribution in [0.3, 0.4) is 0 Å². The average molecular weight is 294 g/mol. The van der Waals surface area contributed by atoms with E-state index in [1.165, 1.54) is 6.07 Å². The summed E-state index contributed by atoms with van der Waals surface area (Å²) in [4.78, 5) is 0. The smallest absolute Gasteiger partial charge is 0.205 e. The van der Waals surface area contributed by atoms with E-state index in [0.29, 0.717) is 17.1 Å². The maximum absolute atomic E-state index is 9.63. The fourth-order valence-corrected chi connectivity index (χ4v) is 2.67. The molecule has 3 rings (SSSR count). The molecule has 1 aliphatic heterocycles. The summed E-state index contributed by atoms with van der Waals surface area (Å²) >= 11 is 0. The summed E-state index contributed by atoms with van der Waals surface area (Å²) in [6.07, 6.45) is 0. The predicted octanol–water partition coefficient (Wildman–Crippen LogP) is 2.62. The lowest BCUT2D eigenvalue weighted by atomic mass is 9.83. The first-order valence-electron chi connectivity index (χ1n) is 6.69. The minimum Gasteiger partial charge on any atom is -0.508 e. The Labute approximate surface area is 127 Å². The largest absolute Gasteiger partial charge is 0.508 e. The van der Waals surface area contributed by atoms with E-state index in [9.17, 15) is 10.4 Å². The van der Waals surface area contributed by atoms with Crippen molar-refractivity contribution in [1.82, 2.24) is 0 Å². The summed E-state index contributed by atoms with van der Waals surface area (Å²) in [5.74, 6) is 0.814. The van der Waals surface area contributed by atoms with Gasteiger partial charge in [-0.25, -0.2) is 0 Å². The van der Waals surface area contributed by atoms with Gasteiger partial charge in [-0.1, -0.05) is 24.3 Å². The monoisotopic (exact) mass is 294 g/mol. The molecule has 1 atom stereocenters.